The number of hydrogen-bond donors (Lipinski definition) is 1. The molecule has 0 radical (unpaired) electrons. The van der Waals surface area contributed by atoms with Gasteiger partial charge >= 0.3 is 0 Å². The summed E-state index contributed by atoms with van der Waals surface area (Å²) in [5.74, 6) is 0.665. The second-order valence-electron chi connectivity index (χ2n) is 3.95. The van der Waals surface area contributed by atoms with E-state index in [0.29, 0.717) is 11.3 Å². The topological polar surface area (TPSA) is 29.3 Å². The van der Waals surface area contributed by atoms with Gasteiger partial charge in [-0.05, 0) is 31.4 Å². The van der Waals surface area contributed by atoms with Gasteiger partial charge in [0.25, 0.3) is 0 Å². The van der Waals surface area contributed by atoms with Gasteiger partial charge in [-0.25, -0.2) is 4.39 Å². The zero-order valence-electron chi connectivity index (χ0n) is 10.2. The van der Waals surface area contributed by atoms with Gasteiger partial charge in [0.05, 0.1) is 5.69 Å². The van der Waals surface area contributed by atoms with Crippen molar-refractivity contribution in [3.05, 3.63) is 29.6 Å². The summed E-state index contributed by atoms with van der Waals surface area (Å²) in [7, 11) is 1.89. The lowest BCUT2D eigenvalue weighted by Crippen LogP contribution is -2.31. The molecule has 0 fully saturated rings. The highest BCUT2D eigenvalue weighted by Gasteiger charge is 2.14. The predicted molar refractivity (Wildman–Crippen MR) is 78.5 cm³/mol. The summed E-state index contributed by atoms with van der Waals surface area (Å²) in [6, 6.07) is 5.14. The lowest BCUT2D eigenvalue weighted by molar-refractivity contribution is 0.614. The van der Waals surface area contributed by atoms with Gasteiger partial charge in [-0.1, -0.05) is 12.2 Å². The van der Waals surface area contributed by atoms with Crippen LogP contribution in [-0.4, -0.2) is 30.1 Å². The van der Waals surface area contributed by atoms with Crippen LogP contribution in [-0.2, 0) is 0 Å². The number of thiocarbonyl (C=S) groups is 1. The molecule has 94 valence electrons. The number of thioether (sulfide) groups is 1. The SMILES string of the molecule is CSCC(C)N(C)c1ccc(C(N)=S)cc1F. The molecule has 2 N–H and O–H groups in total. The highest BCUT2D eigenvalue weighted by atomic mass is 32.2. The molecule has 0 aliphatic heterocycles. The maximum Gasteiger partial charge on any atom is 0.147 e. The van der Waals surface area contributed by atoms with Crippen molar-refractivity contribution in [1.82, 2.24) is 0 Å². The number of rotatable bonds is 5. The van der Waals surface area contributed by atoms with E-state index in [1.807, 2.05) is 18.2 Å². The van der Waals surface area contributed by atoms with Crippen LogP contribution in [0, 0.1) is 5.82 Å². The van der Waals surface area contributed by atoms with Crippen LogP contribution in [0.25, 0.3) is 0 Å². The fourth-order valence-electron chi connectivity index (χ4n) is 1.54. The van der Waals surface area contributed by atoms with Crippen LogP contribution >= 0.6 is 24.0 Å². The number of benzene rings is 1. The van der Waals surface area contributed by atoms with Gasteiger partial charge in [-0.15, -0.1) is 0 Å². The van der Waals surface area contributed by atoms with Crippen LogP contribution in [0.4, 0.5) is 10.1 Å². The minimum absolute atomic E-state index is 0.218. The molecule has 0 spiro atoms. The molecular weight excluding hydrogens is 255 g/mol. The summed E-state index contributed by atoms with van der Waals surface area (Å²) >= 11 is 6.56. The van der Waals surface area contributed by atoms with E-state index in [9.17, 15) is 4.39 Å². The molecule has 0 saturated carbocycles. The minimum Gasteiger partial charge on any atom is -0.389 e. The molecule has 0 aromatic heterocycles. The Balaban J connectivity index is 2.95. The smallest absolute Gasteiger partial charge is 0.147 e. The highest BCUT2D eigenvalue weighted by molar-refractivity contribution is 7.98. The molecular formula is C12H17FN2S2. The second kappa shape index (κ2) is 6.21. The van der Waals surface area contributed by atoms with Crippen molar-refractivity contribution in [3.8, 4) is 0 Å². The second-order valence-corrected chi connectivity index (χ2v) is 5.30. The molecule has 0 aliphatic rings. The van der Waals surface area contributed by atoms with Crippen molar-refractivity contribution in [2.45, 2.75) is 13.0 Å². The number of nitrogens with two attached hydrogens (primary N) is 1. The van der Waals surface area contributed by atoms with E-state index in [0.717, 1.165) is 5.75 Å². The van der Waals surface area contributed by atoms with Gasteiger partial charge < -0.3 is 10.6 Å². The molecule has 1 aromatic carbocycles. The van der Waals surface area contributed by atoms with Gasteiger partial charge in [-0.2, -0.15) is 11.8 Å². The third kappa shape index (κ3) is 3.57. The molecule has 17 heavy (non-hydrogen) atoms. The predicted octanol–water partition coefficient (Wildman–Crippen LogP) is 2.65. The van der Waals surface area contributed by atoms with E-state index in [1.165, 1.54) is 6.07 Å². The van der Waals surface area contributed by atoms with Gasteiger partial charge in [-0.3, -0.25) is 0 Å². The lowest BCUT2D eigenvalue weighted by atomic mass is 10.1. The largest absolute Gasteiger partial charge is 0.389 e. The Morgan fingerprint density at radius 3 is 2.71 bits per heavy atom. The molecule has 1 atom stereocenters. The summed E-state index contributed by atoms with van der Waals surface area (Å²) in [6.07, 6.45) is 2.04. The van der Waals surface area contributed by atoms with Gasteiger partial charge in [0.1, 0.15) is 10.8 Å². The van der Waals surface area contributed by atoms with Crippen LogP contribution in [0.3, 0.4) is 0 Å². The molecule has 0 aliphatic carbocycles. The van der Waals surface area contributed by atoms with E-state index >= 15 is 0 Å². The van der Waals surface area contributed by atoms with E-state index in [2.05, 4.69) is 6.92 Å². The van der Waals surface area contributed by atoms with Crippen molar-refractivity contribution in [3.63, 3.8) is 0 Å². The quantitative estimate of drug-likeness (QED) is 0.835. The van der Waals surface area contributed by atoms with Crippen LogP contribution in [0.5, 0.6) is 0 Å². The van der Waals surface area contributed by atoms with Gasteiger partial charge in [0.2, 0.25) is 0 Å². The molecule has 0 heterocycles. The molecule has 0 saturated heterocycles. The molecule has 1 aromatic rings. The maximum atomic E-state index is 13.9. The van der Waals surface area contributed by atoms with Crippen molar-refractivity contribution >= 4 is 34.7 Å². The Morgan fingerprint density at radius 1 is 1.59 bits per heavy atom. The Bertz CT molecular complexity index is 409. The maximum absolute atomic E-state index is 13.9. The van der Waals surface area contributed by atoms with E-state index in [-0.39, 0.29) is 16.8 Å². The monoisotopic (exact) mass is 272 g/mol. The Hall–Kier alpha value is -0.810. The van der Waals surface area contributed by atoms with Crippen molar-refractivity contribution in [1.29, 1.82) is 0 Å². The fourth-order valence-corrected chi connectivity index (χ4v) is 2.37. The number of halogens is 1. The fraction of sp³-hybridized carbons (Fsp3) is 0.417. The summed E-state index contributed by atoms with van der Waals surface area (Å²) in [5.41, 5.74) is 6.60. The first kappa shape index (κ1) is 14.3. The van der Waals surface area contributed by atoms with E-state index in [4.69, 9.17) is 18.0 Å². The third-order valence-corrected chi connectivity index (χ3v) is 3.73. The summed E-state index contributed by atoms with van der Waals surface area (Å²) in [6.45, 7) is 2.07. The molecule has 0 bridgehead atoms. The summed E-state index contributed by atoms with van der Waals surface area (Å²) < 4.78 is 13.9. The molecule has 0 amide bonds. The zero-order chi connectivity index (χ0) is 13.0. The highest BCUT2D eigenvalue weighted by Crippen LogP contribution is 2.22. The molecule has 5 heteroatoms. The van der Waals surface area contributed by atoms with Crippen molar-refractivity contribution in [2.24, 2.45) is 5.73 Å². The average molecular weight is 272 g/mol. The van der Waals surface area contributed by atoms with Crippen molar-refractivity contribution in [2.75, 3.05) is 24.0 Å². The standard InChI is InChI=1S/C12H17FN2S2/c1-8(7-17-3)15(2)11-5-4-9(12(14)16)6-10(11)13/h4-6,8H,7H2,1-3H3,(H2,14,16). The number of nitrogens with zero attached hydrogens (tertiary/aromatic N) is 1. The molecule has 2 nitrogen and oxygen atoms in total. The Kier molecular flexibility index (Phi) is 5.21. The third-order valence-electron chi connectivity index (χ3n) is 2.68. The Morgan fingerprint density at radius 2 is 2.24 bits per heavy atom. The van der Waals surface area contributed by atoms with Crippen LogP contribution in [0.2, 0.25) is 0 Å². The first-order valence-corrected chi connectivity index (χ1v) is 7.08. The minimum atomic E-state index is -0.286. The zero-order valence-corrected chi connectivity index (χ0v) is 11.9. The lowest BCUT2D eigenvalue weighted by Gasteiger charge is -2.27. The Labute approximate surface area is 111 Å². The first-order chi connectivity index (χ1) is 7.97. The average Bonchev–Trinajstić information content (AvgIpc) is 2.28. The van der Waals surface area contributed by atoms with E-state index in [1.54, 1.807) is 23.9 Å². The van der Waals surface area contributed by atoms with Gasteiger partial charge in [0.15, 0.2) is 0 Å². The normalized spacial score (nSPS) is 12.2. The van der Waals surface area contributed by atoms with Crippen LogP contribution in [0.15, 0.2) is 18.2 Å². The number of hydrogen-bond acceptors (Lipinski definition) is 3. The van der Waals surface area contributed by atoms with Crippen LogP contribution < -0.4 is 10.6 Å². The summed E-state index contributed by atoms with van der Waals surface area (Å²) in [5, 5.41) is 0. The van der Waals surface area contributed by atoms with Crippen molar-refractivity contribution < 1.29 is 4.39 Å². The molecule has 1 unspecified atom stereocenters. The summed E-state index contributed by atoms with van der Waals surface area (Å²) in [4.78, 5) is 2.14. The van der Waals surface area contributed by atoms with E-state index < -0.39 is 0 Å². The van der Waals surface area contributed by atoms with Gasteiger partial charge in [0, 0.05) is 24.4 Å². The molecule has 1 rings (SSSR count). The first-order valence-electron chi connectivity index (χ1n) is 5.28. The number of anilines is 1. The van der Waals surface area contributed by atoms with Crippen LogP contribution in [0.1, 0.15) is 12.5 Å².